The average molecular weight is 625 g/mol. The number of carbonyl (C=O) groups is 1. The monoisotopic (exact) mass is 623 g/mol. The highest BCUT2D eigenvalue weighted by molar-refractivity contribution is 7.93. The Kier molecular flexibility index (Phi) is 8.73. The first kappa shape index (κ1) is 28.7. The van der Waals surface area contributed by atoms with Crippen molar-refractivity contribution in [2.24, 2.45) is 0 Å². The molecule has 4 aromatic rings. The van der Waals surface area contributed by atoms with E-state index in [1.54, 1.807) is 36.4 Å². The second-order valence-electron chi connectivity index (χ2n) is 8.06. The molecule has 0 aliphatic carbocycles. The van der Waals surface area contributed by atoms with Gasteiger partial charge in [-0.3, -0.25) is 13.8 Å². The normalized spacial score (nSPS) is 11.6. The van der Waals surface area contributed by atoms with Crippen LogP contribution in [0.1, 0.15) is 0 Å². The van der Waals surface area contributed by atoms with Gasteiger partial charge in [0.05, 0.1) is 36.2 Å². The van der Waals surface area contributed by atoms with Crippen LogP contribution >= 0.6 is 34.8 Å². The molecule has 0 saturated carbocycles. The Morgan fingerprint density at radius 3 is 1.97 bits per heavy atom. The zero-order chi connectivity index (χ0) is 28.2. The van der Waals surface area contributed by atoms with Crippen LogP contribution in [0, 0.1) is 0 Å². The minimum atomic E-state index is -4.15. The van der Waals surface area contributed by atoms with Crippen LogP contribution in [0.25, 0.3) is 0 Å². The summed E-state index contributed by atoms with van der Waals surface area (Å²) in [5, 5.41) is 2.98. The summed E-state index contributed by atoms with van der Waals surface area (Å²) >= 11 is 18.3. The van der Waals surface area contributed by atoms with E-state index < -0.39 is 32.5 Å². The minimum absolute atomic E-state index is 0.0143. The fourth-order valence-corrected chi connectivity index (χ4v) is 6.73. The lowest BCUT2D eigenvalue weighted by molar-refractivity contribution is -0.114. The molecular formula is C26H20Cl3N3O5S2. The number of halogens is 3. The highest BCUT2D eigenvalue weighted by atomic mass is 35.5. The second-order valence-corrected chi connectivity index (χ2v) is 12.8. The summed E-state index contributed by atoms with van der Waals surface area (Å²) in [7, 11) is -8.16. The third-order valence-corrected chi connectivity index (χ3v) is 9.68. The molecule has 0 bridgehead atoms. The van der Waals surface area contributed by atoms with Crippen LogP contribution in [0.4, 0.5) is 17.1 Å². The molecular weight excluding hydrogens is 605 g/mol. The van der Waals surface area contributed by atoms with E-state index in [1.807, 2.05) is 0 Å². The number of carbonyl (C=O) groups excluding carboxylic acids is 1. The second kappa shape index (κ2) is 11.8. The molecule has 13 heteroatoms. The van der Waals surface area contributed by atoms with Crippen molar-refractivity contribution in [3.05, 3.63) is 112 Å². The zero-order valence-electron chi connectivity index (χ0n) is 19.9. The van der Waals surface area contributed by atoms with Gasteiger partial charge in [0.2, 0.25) is 5.91 Å². The Labute approximate surface area is 241 Å². The summed E-state index contributed by atoms with van der Waals surface area (Å²) in [4.78, 5) is 12.8. The van der Waals surface area contributed by atoms with Gasteiger partial charge in [0.1, 0.15) is 6.54 Å². The van der Waals surface area contributed by atoms with Crippen molar-refractivity contribution in [1.29, 1.82) is 0 Å². The van der Waals surface area contributed by atoms with Gasteiger partial charge in [0.25, 0.3) is 20.0 Å². The van der Waals surface area contributed by atoms with Crippen molar-refractivity contribution in [2.75, 3.05) is 20.9 Å². The van der Waals surface area contributed by atoms with Gasteiger partial charge in [-0.15, -0.1) is 0 Å². The van der Waals surface area contributed by atoms with Crippen LogP contribution < -0.4 is 14.3 Å². The summed E-state index contributed by atoms with van der Waals surface area (Å²) in [5.74, 6) is -0.672. The van der Waals surface area contributed by atoms with E-state index in [0.717, 1.165) is 4.31 Å². The van der Waals surface area contributed by atoms with Gasteiger partial charge in [-0.05, 0) is 60.7 Å². The fraction of sp³-hybridized carbons (Fsp3) is 0.0385. The Morgan fingerprint density at radius 1 is 0.692 bits per heavy atom. The number of hydrogen-bond donors (Lipinski definition) is 2. The lowest BCUT2D eigenvalue weighted by atomic mass is 10.3. The first-order valence-electron chi connectivity index (χ1n) is 11.2. The van der Waals surface area contributed by atoms with Crippen molar-refractivity contribution >= 4 is 77.8 Å². The molecule has 0 atom stereocenters. The Morgan fingerprint density at radius 2 is 1.31 bits per heavy atom. The van der Waals surface area contributed by atoms with E-state index in [2.05, 4.69) is 10.0 Å². The lowest BCUT2D eigenvalue weighted by Crippen LogP contribution is -2.38. The van der Waals surface area contributed by atoms with E-state index in [-0.39, 0.29) is 41.9 Å². The number of rotatable bonds is 9. The van der Waals surface area contributed by atoms with Gasteiger partial charge in [0.15, 0.2) is 0 Å². The van der Waals surface area contributed by atoms with Gasteiger partial charge >= 0.3 is 0 Å². The largest absolute Gasteiger partial charge is 0.325 e. The first-order chi connectivity index (χ1) is 18.5. The lowest BCUT2D eigenvalue weighted by Gasteiger charge is -2.25. The standard InChI is InChI=1S/C26H20Cl3N3O5S2/c27-21-9-4-5-12-24(21)32(39(36,37)20-7-2-1-3-8-20)17-25(33)30-18-13-15-19(16-14-18)38(34,35)31-23-11-6-10-22(28)26(23)29/h1-16,31H,17H2,(H,30,33). The quantitative estimate of drug-likeness (QED) is 0.228. The molecule has 0 aliphatic heterocycles. The SMILES string of the molecule is O=C(CN(c1ccccc1Cl)S(=O)(=O)c1ccccc1)Nc1ccc(S(=O)(=O)Nc2cccc(Cl)c2Cl)cc1. The number of benzene rings is 4. The predicted octanol–water partition coefficient (Wildman–Crippen LogP) is 6.28. The van der Waals surface area contributed by atoms with Crippen molar-refractivity contribution in [1.82, 2.24) is 0 Å². The van der Waals surface area contributed by atoms with E-state index in [4.69, 9.17) is 34.8 Å². The van der Waals surface area contributed by atoms with Crippen molar-refractivity contribution in [2.45, 2.75) is 9.79 Å². The zero-order valence-corrected chi connectivity index (χ0v) is 23.8. The van der Waals surface area contributed by atoms with Crippen LogP contribution in [0.5, 0.6) is 0 Å². The molecule has 4 aromatic carbocycles. The maximum atomic E-state index is 13.4. The van der Waals surface area contributed by atoms with Crippen LogP contribution in [-0.2, 0) is 24.8 Å². The summed E-state index contributed by atoms with van der Waals surface area (Å²) < 4.78 is 55.7. The van der Waals surface area contributed by atoms with Gasteiger partial charge < -0.3 is 5.32 Å². The number of para-hydroxylation sites is 1. The number of sulfonamides is 2. The molecule has 0 heterocycles. The van der Waals surface area contributed by atoms with Crippen molar-refractivity contribution in [3.63, 3.8) is 0 Å². The van der Waals surface area contributed by atoms with E-state index in [9.17, 15) is 21.6 Å². The van der Waals surface area contributed by atoms with E-state index in [0.29, 0.717) is 0 Å². The van der Waals surface area contributed by atoms with Gasteiger partial charge in [-0.25, -0.2) is 16.8 Å². The van der Waals surface area contributed by atoms with E-state index >= 15 is 0 Å². The molecule has 4 rings (SSSR count). The molecule has 0 aromatic heterocycles. The van der Waals surface area contributed by atoms with Crippen LogP contribution in [0.15, 0.2) is 107 Å². The number of amides is 1. The molecule has 1 amide bonds. The maximum absolute atomic E-state index is 13.4. The third kappa shape index (κ3) is 6.66. The minimum Gasteiger partial charge on any atom is -0.325 e. The molecule has 0 spiro atoms. The van der Waals surface area contributed by atoms with Crippen molar-refractivity contribution in [3.8, 4) is 0 Å². The van der Waals surface area contributed by atoms with E-state index in [1.165, 1.54) is 60.7 Å². The number of nitrogens with zero attached hydrogens (tertiary/aromatic N) is 1. The summed E-state index contributed by atoms with van der Waals surface area (Å²) in [6.07, 6.45) is 0. The smallest absolute Gasteiger partial charge is 0.264 e. The summed E-state index contributed by atoms with van der Waals surface area (Å²) in [6.45, 7) is -0.587. The first-order valence-corrected chi connectivity index (χ1v) is 15.2. The Balaban J connectivity index is 1.54. The van der Waals surface area contributed by atoms with Crippen LogP contribution in [0.2, 0.25) is 15.1 Å². The highest BCUT2D eigenvalue weighted by Gasteiger charge is 2.28. The molecule has 0 aliphatic rings. The molecule has 8 nitrogen and oxygen atoms in total. The third-order valence-electron chi connectivity index (χ3n) is 5.38. The van der Waals surface area contributed by atoms with Crippen LogP contribution in [0.3, 0.4) is 0 Å². The van der Waals surface area contributed by atoms with Crippen molar-refractivity contribution < 1.29 is 21.6 Å². The van der Waals surface area contributed by atoms with Gasteiger partial charge in [0, 0.05) is 5.69 Å². The molecule has 0 radical (unpaired) electrons. The predicted molar refractivity (Wildman–Crippen MR) is 155 cm³/mol. The number of anilines is 3. The maximum Gasteiger partial charge on any atom is 0.264 e. The average Bonchev–Trinajstić information content (AvgIpc) is 2.91. The number of hydrogen-bond acceptors (Lipinski definition) is 5. The Hall–Kier alpha value is -3.28. The number of nitrogens with one attached hydrogen (secondary N) is 2. The summed E-state index contributed by atoms with van der Waals surface area (Å²) in [6, 6.07) is 23.8. The molecule has 0 fully saturated rings. The van der Waals surface area contributed by atoms with Gasteiger partial charge in [-0.1, -0.05) is 71.2 Å². The topological polar surface area (TPSA) is 113 Å². The molecule has 0 saturated heterocycles. The molecule has 2 N–H and O–H groups in total. The van der Waals surface area contributed by atoms with Gasteiger partial charge in [-0.2, -0.15) is 0 Å². The fourth-order valence-electron chi connectivity index (χ4n) is 3.51. The van der Waals surface area contributed by atoms with Crippen LogP contribution in [-0.4, -0.2) is 29.3 Å². The highest BCUT2D eigenvalue weighted by Crippen LogP contribution is 2.32. The molecule has 202 valence electrons. The summed E-state index contributed by atoms with van der Waals surface area (Å²) in [5.41, 5.74) is 0.488. The Bertz CT molecular complexity index is 1720. The molecule has 0 unspecified atom stereocenters. The molecule has 39 heavy (non-hydrogen) atoms.